The molecule has 0 aliphatic heterocycles. The van der Waals surface area contributed by atoms with Gasteiger partial charge in [0, 0.05) is 6.20 Å². The van der Waals surface area contributed by atoms with Gasteiger partial charge in [-0.2, -0.15) is 5.10 Å². The standard InChI is InChI=1S/C18H18N4O/c1-12-7-9-15(10-8-12)22-14(3)17(13(2)21-22)20-18(23)16-6-4-5-11-19-16/h4-11H,1-3H3,(H,20,23). The van der Waals surface area contributed by atoms with Crippen molar-refractivity contribution in [2.75, 3.05) is 5.32 Å². The lowest BCUT2D eigenvalue weighted by molar-refractivity contribution is 0.102. The van der Waals surface area contributed by atoms with Gasteiger partial charge < -0.3 is 5.32 Å². The van der Waals surface area contributed by atoms with Crippen molar-refractivity contribution in [1.29, 1.82) is 0 Å². The number of aromatic nitrogens is 3. The second kappa shape index (κ2) is 6.04. The summed E-state index contributed by atoms with van der Waals surface area (Å²) in [7, 11) is 0. The number of benzene rings is 1. The third kappa shape index (κ3) is 2.99. The Labute approximate surface area is 135 Å². The summed E-state index contributed by atoms with van der Waals surface area (Å²) in [6.07, 6.45) is 1.60. The first-order valence-corrected chi connectivity index (χ1v) is 7.42. The van der Waals surface area contributed by atoms with E-state index in [2.05, 4.69) is 15.4 Å². The molecule has 0 saturated carbocycles. The fraction of sp³-hybridized carbons (Fsp3) is 0.167. The fourth-order valence-electron chi connectivity index (χ4n) is 2.44. The number of anilines is 1. The summed E-state index contributed by atoms with van der Waals surface area (Å²) in [6, 6.07) is 13.4. The van der Waals surface area contributed by atoms with E-state index in [-0.39, 0.29) is 5.91 Å². The van der Waals surface area contributed by atoms with Crippen LogP contribution in [0.3, 0.4) is 0 Å². The molecule has 0 aliphatic rings. The summed E-state index contributed by atoms with van der Waals surface area (Å²) in [5.41, 5.74) is 4.92. The molecule has 2 heterocycles. The van der Waals surface area contributed by atoms with Crippen molar-refractivity contribution in [3.8, 4) is 5.69 Å². The molecule has 1 aromatic carbocycles. The predicted molar refractivity (Wildman–Crippen MR) is 90.0 cm³/mol. The molecular weight excluding hydrogens is 288 g/mol. The van der Waals surface area contributed by atoms with Crippen LogP contribution in [0.15, 0.2) is 48.7 Å². The van der Waals surface area contributed by atoms with Gasteiger partial charge >= 0.3 is 0 Å². The average molecular weight is 306 g/mol. The van der Waals surface area contributed by atoms with Crippen LogP contribution in [0.1, 0.15) is 27.4 Å². The summed E-state index contributed by atoms with van der Waals surface area (Å²) in [5, 5.41) is 7.45. The Balaban J connectivity index is 1.92. The number of nitrogens with zero attached hydrogens (tertiary/aromatic N) is 3. The Kier molecular flexibility index (Phi) is 3.93. The van der Waals surface area contributed by atoms with Gasteiger partial charge in [-0.1, -0.05) is 23.8 Å². The van der Waals surface area contributed by atoms with Gasteiger partial charge in [-0.15, -0.1) is 0 Å². The van der Waals surface area contributed by atoms with E-state index in [0.717, 1.165) is 22.8 Å². The zero-order chi connectivity index (χ0) is 16.4. The number of pyridine rings is 1. The highest BCUT2D eigenvalue weighted by molar-refractivity contribution is 6.03. The molecule has 0 unspecified atom stereocenters. The molecular formula is C18H18N4O. The Bertz CT molecular complexity index is 835. The van der Waals surface area contributed by atoms with Crippen LogP contribution in [0, 0.1) is 20.8 Å². The number of amides is 1. The number of hydrogen-bond acceptors (Lipinski definition) is 3. The van der Waals surface area contributed by atoms with Gasteiger partial charge in [0.25, 0.3) is 5.91 Å². The second-order valence-electron chi connectivity index (χ2n) is 5.46. The molecule has 1 N–H and O–H groups in total. The van der Waals surface area contributed by atoms with Crippen LogP contribution in [0.5, 0.6) is 0 Å². The number of hydrogen-bond donors (Lipinski definition) is 1. The van der Waals surface area contributed by atoms with Crippen molar-refractivity contribution in [3.05, 3.63) is 71.3 Å². The smallest absolute Gasteiger partial charge is 0.274 e. The molecule has 0 saturated heterocycles. The Morgan fingerprint density at radius 1 is 1.04 bits per heavy atom. The summed E-state index contributed by atoms with van der Waals surface area (Å²) >= 11 is 0. The molecule has 0 spiro atoms. The minimum atomic E-state index is -0.236. The van der Waals surface area contributed by atoms with E-state index in [1.807, 2.05) is 49.7 Å². The lowest BCUT2D eigenvalue weighted by Gasteiger charge is -2.07. The number of carbonyl (C=O) groups is 1. The highest BCUT2D eigenvalue weighted by atomic mass is 16.1. The van der Waals surface area contributed by atoms with Crippen LogP contribution in [-0.2, 0) is 0 Å². The first-order chi connectivity index (χ1) is 11.1. The lowest BCUT2D eigenvalue weighted by Crippen LogP contribution is -2.14. The highest BCUT2D eigenvalue weighted by Gasteiger charge is 2.16. The van der Waals surface area contributed by atoms with Crippen LogP contribution in [0.25, 0.3) is 5.69 Å². The van der Waals surface area contributed by atoms with Gasteiger partial charge in [0.15, 0.2) is 0 Å². The Morgan fingerprint density at radius 2 is 1.78 bits per heavy atom. The van der Waals surface area contributed by atoms with Gasteiger partial charge in [-0.05, 0) is 45.0 Å². The van der Waals surface area contributed by atoms with Crippen molar-refractivity contribution in [2.45, 2.75) is 20.8 Å². The topological polar surface area (TPSA) is 59.8 Å². The number of aryl methyl sites for hydroxylation is 2. The number of nitrogens with one attached hydrogen (secondary N) is 1. The molecule has 0 radical (unpaired) electrons. The van der Waals surface area contributed by atoms with Crippen LogP contribution >= 0.6 is 0 Å². The van der Waals surface area contributed by atoms with Gasteiger partial charge in [0.05, 0.1) is 22.8 Å². The first kappa shape index (κ1) is 15.0. The van der Waals surface area contributed by atoms with E-state index in [9.17, 15) is 4.79 Å². The minimum absolute atomic E-state index is 0.236. The van der Waals surface area contributed by atoms with Crippen molar-refractivity contribution >= 4 is 11.6 Å². The summed E-state index contributed by atoms with van der Waals surface area (Å²) in [6.45, 7) is 5.86. The number of rotatable bonds is 3. The minimum Gasteiger partial charge on any atom is -0.317 e. The average Bonchev–Trinajstić information content (AvgIpc) is 2.84. The maximum atomic E-state index is 12.3. The van der Waals surface area contributed by atoms with E-state index >= 15 is 0 Å². The highest BCUT2D eigenvalue weighted by Crippen LogP contribution is 2.23. The molecule has 2 aromatic heterocycles. The third-order valence-electron chi connectivity index (χ3n) is 3.71. The van der Waals surface area contributed by atoms with Gasteiger partial charge in [-0.25, -0.2) is 4.68 Å². The SMILES string of the molecule is Cc1ccc(-n2nc(C)c(NC(=O)c3ccccn3)c2C)cc1. The quantitative estimate of drug-likeness (QED) is 0.806. The summed E-state index contributed by atoms with van der Waals surface area (Å²) in [4.78, 5) is 16.4. The monoisotopic (exact) mass is 306 g/mol. The van der Waals surface area contributed by atoms with Gasteiger partial charge in [0.2, 0.25) is 0 Å². The zero-order valence-electron chi connectivity index (χ0n) is 13.4. The molecule has 3 rings (SSSR count). The maximum absolute atomic E-state index is 12.3. The molecule has 5 heteroatoms. The molecule has 3 aromatic rings. The van der Waals surface area contributed by atoms with E-state index in [1.54, 1.807) is 24.4 Å². The van der Waals surface area contributed by atoms with Gasteiger partial charge in [0.1, 0.15) is 5.69 Å². The maximum Gasteiger partial charge on any atom is 0.274 e. The van der Waals surface area contributed by atoms with E-state index in [0.29, 0.717) is 5.69 Å². The molecule has 0 atom stereocenters. The molecule has 1 amide bonds. The van der Waals surface area contributed by atoms with Crippen LogP contribution in [-0.4, -0.2) is 20.7 Å². The molecule has 0 fully saturated rings. The Hall–Kier alpha value is -2.95. The molecule has 23 heavy (non-hydrogen) atoms. The molecule has 116 valence electrons. The zero-order valence-corrected chi connectivity index (χ0v) is 13.4. The van der Waals surface area contributed by atoms with Crippen LogP contribution in [0.2, 0.25) is 0 Å². The summed E-state index contributed by atoms with van der Waals surface area (Å²) < 4.78 is 1.84. The van der Waals surface area contributed by atoms with Crippen LogP contribution < -0.4 is 5.32 Å². The largest absolute Gasteiger partial charge is 0.317 e. The predicted octanol–water partition coefficient (Wildman–Crippen LogP) is 3.44. The lowest BCUT2D eigenvalue weighted by atomic mass is 10.2. The van der Waals surface area contributed by atoms with Crippen molar-refractivity contribution in [1.82, 2.24) is 14.8 Å². The molecule has 0 bridgehead atoms. The van der Waals surface area contributed by atoms with Crippen molar-refractivity contribution < 1.29 is 4.79 Å². The van der Waals surface area contributed by atoms with Crippen molar-refractivity contribution in [2.24, 2.45) is 0 Å². The molecule has 5 nitrogen and oxygen atoms in total. The summed E-state index contributed by atoms with van der Waals surface area (Å²) in [5.74, 6) is -0.236. The Morgan fingerprint density at radius 3 is 2.43 bits per heavy atom. The van der Waals surface area contributed by atoms with E-state index < -0.39 is 0 Å². The number of carbonyl (C=O) groups excluding carboxylic acids is 1. The first-order valence-electron chi connectivity index (χ1n) is 7.42. The third-order valence-corrected chi connectivity index (χ3v) is 3.71. The molecule has 0 aliphatic carbocycles. The van der Waals surface area contributed by atoms with Crippen LogP contribution in [0.4, 0.5) is 5.69 Å². The fourth-order valence-corrected chi connectivity index (χ4v) is 2.44. The normalized spacial score (nSPS) is 10.6. The second-order valence-corrected chi connectivity index (χ2v) is 5.46. The van der Waals surface area contributed by atoms with Gasteiger partial charge in [-0.3, -0.25) is 9.78 Å². The van der Waals surface area contributed by atoms with Crippen molar-refractivity contribution in [3.63, 3.8) is 0 Å². The van der Waals surface area contributed by atoms with E-state index in [4.69, 9.17) is 0 Å². The van der Waals surface area contributed by atoms with E-state index in [1.165, 1.54) is 5.56 Å².